The van der Waals surface area contributed by atoms with Gasteiger partial charge in [-0.15, -0.1) is 0 Å². The van der Waals surface area contributed by atoms with Crippen molar-refractivity contribution < 1.29 is 4.79 Å². The fourth-order valence-electron chi connectivity index (χ4n) is 0.533. The van der Waals surface area contributed by atoms with E-state index in [1.54, 1.807) is 12.2 Å². The lowest BCUT2D eigenvalue weighted by Gasteiger charge is -1.89. The average molecular weight is 253 g/mol. The summed E-state index contributed by atoms with van der Waals surface area (Å²) >= 11 is 3.14. The standard InChI is InChI=1S/C10H9BrN2O/c1-8(3-5-9(2)11)4-6-10(14)13-7-12/h3-6H,1-2H2,(H,13,14)/b5-3-,6-4-. The number of carbonyl (C=O) groups is 1. The summed E-state index contributed by atoms with van der Waals surface area (Å²) in [4.78, 5) is 10.8. The largest absolute Gasteiger partial charge is 0.269 e. The highest BCUT2D eigenvalue weighted by molar-refractivity contribution is 9.11. The minimum atomic E-state index is -0.472. The lowest BCUT2D eigenvalue weighted by molar-refractivity contribution is -0.115. The Morgan fingerprint density at radius 2 is 1.86 bits per heavy atom. The van der Waals surface area contributed by atoms with Crippen LogP contribution in [0.5, 0.6) is 0 Å². The number of nitriles is 1. The zero-order valence-electron chi connectivity index (χ0n) is 7.46. The molecule has 0 atom stereocenters. The van der Waals surface area contributed by atoms with Crippen molar-refractivity contribution in [2.24, 2.45) is 0 Å². The van der Waals surface area contributed by atoms with E-state index in [1.807, 2.05) is 5.32 Å². The van der Waals surface area contributed by atoms with Crippen molar-refractivity contribution >= 4 is 21.8 Å². The van der Waals surface area contributed by atoms with Crippen LogP contribution in [0.15, 0.2) is 47.5 Å². The summed E-state index contributed by atoms with van der Waals surface area (Å²) in [5.74, 6) is -0.472. The van der Waals surface area contributed by atoms with Crippen molar-refractivity contribution in [2.45, 2.75) is 0 Å². The van der Waals surface area contributed by atoms with Gasteiger partial charge in [-0.3, -0.25) is 10.1 Å². The first kappa shape index (κ1) is 12.4. The van der Waals surface area contributed by atoms with Crippen LogP contribution in [0.3, 0.4) is 0 Å². The zero-order chi connectivity index (χ0) is 11.0. The molecule has 0 aliphatic rings. The summed E-state index contributed by atoms with van der Waals surface area (Å²) in [7, 11) is 0. The van der Waals surface area contributed by atoms with Crippen LogP contribution in [-0.2, 0) is 4.79 Å². The van der Waals surface area contributed by atoms with Crippen LogP contribution >= 0.6 is 15.9 Å². The van der Waals surface area contributed by atoms with Crippen molar-refractivity contribution in [1.82, 2.24) is 5.32 Å². The molecule has 0 heterocycles. The van der Waals surface area contributed by atoms with E-state index in [-0.39, 0.29) is 0 Å². The number of nitrogens with zero attached hydrogens (tertiary/aromatic N) is 1. The molecule has 0 saturated heterocycles. The highest BCUT2D eigenvalue weighted by atomic mass is 79.9. The van der Waals surface area contributed by atoms with E-state index < -0.39 is 5.91 Å². The van der Waals surface area contributed by atoms with E-state index in [1.165, 1.54) is 18.3 Å². The number of allylic oxidation sites excluding steroid dienone is 5. The number of carbonyl (C=O) groups excluding carboxylic acids is 1. The minimum Gasteiger partial charge on any atom is -0.269 e. The first-order valence-corrected chi connectivity index (χ1v) is 4.44. The first-order valence-electron chi connectivity index (χ1n) is 3.65. The van der Waals surface area contributed by atoms with E-state index in [0.29, 0.717) is 10.1 Å². The van der Waals surface area contributed by atoms with Crippen LogP contribution in [-0.4, -0.2) is 5.91 Å². The maximum Gasteiger partial charge on any atom is 0.256 e. The van der Waals surface area contributed by atoms with E-state index >= 15 is 0 Å². The van der Waals surface area contributed by atoms with Crippen LogP contribution in [0.25, 0.3) is 0 Å². The van der Waals surface area contributed by atoms with Crippen molar-refractivity contribution in [3.05, 3.63) is 47.5 Å². The van der Waals surface area contributed by atoms with E-state index in [2.05, 4.69) is 29.1 Å². The maximum absolute atomic E-state index is 10.8. The Morgan fingerprint density at radius 3 is 2.36 bits per heavy atom. The minimum absolute atomic E-state index is 0.472. The fourth-order valence-corrected chi connectivity index (χ4v) is 0.665. The summed E-state index contributed by atoms with van der Waals surface area (Å²) in [5, 5.41) is 10.1. The predicted octanol–water partition coefficient (Wildman–Crippen LogP) is 2.16. The van der Waals surface area contributed by atoms with Crippen molar-refractivity contribution in [3.8, 4) is 6.19 Å². The second-order valence-corrected chi connectivity index (χ2v) is 3.31. The van der Waals surface area contributed by atoms with Crippen LogP contribution in [0.2, 0.25) is 0 Å². The highest BCUT2D eigenvalue weighted by Gasteiger charge is 1.90. The van der Waals surface area contributed by atoms with Gasteiger partial charge >= 0.3 is 0 Å². The van der Waals surface area contributed by atoms with Gasteiger partial charge in [-0.05, 0) is 11.6 Å². The third kappa shape index (κ3) is 7.07. The molecule has 0 aromatic rings. The Bertz CT molecular complexity index is 348. The van der Waals surface area contributed by atoms with Gasteiger partial charge in [-0.2, -0.15) is 5.26 Å². The highest BCUT2D eigenvalue weighted by Crippen LogP contribution is 2.04. The molecule has 0 spiro atoms. The molecule has 0 radical (unpaired) electrons. The Labute approximate surface area is 91.2 Å². The molecule has 0 unspecified atom stereocenters. The molecule has 4 heteroatoms. The van der Waals surface area contributed by atoms with E-state index in [9.17, 15) is 4.79 Å². The number of rotatable bonds is 4. The predicted molar refractivity (Wildman–Crippen MR) is 59.2 cm³/mol. The number of hydrogen-bond donors (Lipinski definition) is 1. The first-order chi connectivity index (χ1) is 6.56. The Hall–Kier alpha value is -1.60. The Balaban J connectivity index is 4.14. The Morgan fingerprint density at radius 1 is 1.29 bits per heavy atom. The molecule has 0 saturated carbocycles. The maximum atomic E-state index is 10.8. The average Bonchev–Trinajstić information content (AvgIpc) is 2.12. The third-order valence-electron chi connectivity index (χ3n) is 1.11. The van der Waals surface area contributed by atoms with Gasteiger partial charge in [0.1, 0.15) is 0 Å². The van der Waals surface area contributed by atoms with Crippen LogP contribution < -0.4 is 5.32 Å². The molecule has 0 aromatic carbocycles. The van der Waals surface area contributed by atoms with E-state index in [4.69, 9.17) is 5.26 Å². The van der Waals surface area contributed by atoms with Gasteiger partial charge in [0.25, 0.3) is 5.91 Å². The van der Waals surface area contributed by atoms with Crippen molar-refractivity contribution in [1.29, 1.82) is 5.26 Å². The van der Waals surface area contributed by atoms with Gasteiger partial charge in [0.05, 0.1) is 0 Å². The molecular weight excluding hydrogens is 244 g/mol. The normalized spacial score (nSPS) is 10.0. The summed E-state index contributed by atoms with van der Waals surface area (Å²) < 4.78 is 0.716. The lowest BCUT2D eigenvalue weighted by atomic mass is 10.2. The topological polar surface area (TPSA) is 52.9 Å². The summed E-state index contributed by atoms with van der Waals surface area (Å²) in [5.41, 5.74) is 0.638. The van der Waals surface area contributed by atoms with Crippen molar-refractivity contribution in [3.63, 3.8) is 0 Å². The van der Waals surface area contributed by atoms with Crippen LogP contribution in [0.1, 0.15) is 0 Å². The SMILES string of the molecule is C=C(Br)/C=C\C(=C)/C=C\C(=O)NC#N. The summed E-state index contributed by atoms with van der Waals surface area (Å²) in [6.45, 7) is 7.25. The summed E-state index contributed by atoms with van der Waals surface area (Å²) in [6.07, 6.45) is 7.64. The van der Waals surface area contributed by atoms with E-state index in [0.717, 1.165) is 0 Å². The molecule has 14 heavy (non-hydrogen) atoms. The monoisotopic (exact) mass is 252 g/mol. The van der Waals surface area contributed by atoms with Crippen LogP contribution in [0.4, 0.5) is 0 Å². The van der Waals surface area contributed by atoms with Gasteiger partial charge in [-0.25, -0.2) is 0 Å². The molecule has 1 N–H and O–H groups in total. The molecule has 0 fully saturated rings. The number of amides is 1. The van der Waals surface area contributed by atoms with Gasteiger partial charge in [0, 0.05) is 10.6 Å². The molecular formula is C10H9BrN2O. The summed E-state index contributed by atoms with van der Waals surface area (Å²) in [6, 6.07) is 0. The van der Waals surface area contributed by atoms with Gasteiger partial charge in [-0.1, -0.05) is 41.2 Å². The molecule has 3 nitrogen and oxygen atoms in total. The van der Waals surface area contributed by atoms with Gasteiger partial charge < -0.3 is 0 Å². The Kier molecular flexibility index (Phi) is 6.08. The van der Waals surface area contributed by atoms with Crippen LogP contribution in [0, 0.1) is 11.5 Å². The zero-order valence-corrected chi connectivity index (χ0v) is 9.04. The molecule has 0 aliphatic heterocycles. The quantitative estimate of drug-likeness (QED) is 0.361. The fraction of sp³-hybridized carbons (Fsp3) is 0. The molecule has 0 bridgehead atoms. The number of halogens is 1. The number of hydrogen-bond acceptors (Lipinski definition) is 2. The van der Waals surface area contributed by atoms with Gasteiger partial charge in [0.15, 0.2) is 6.19 Å². The molecule has 72 valence electrons. The third-order valence-corrected chi connectivity index (χ3v) is 1.37. The molecule has 0 aromatic heterocycles. The smallest absolute Gasteiger partial charge is 0.256 e. The molecule has 0 rings (SSSR count). The second-order valence-electron chi connectivity index (χ2n) is 2.29. The number of nitrogens with one attached hydrogen (secondary N) is 1. The van der Waals surface area contributed by atoms with Gasteiger partial charge in [0.2, 0.25) is 0 Å². The second kappa shape index (κ2) is 6.87. The lowest BCUT2D eigenvalue weighted by Crippen LogP contribution is -2.13. The van der Waals surface area contributed by atoms with Crippen molar-refractivity contribution in [2.75, 3.05) is 0 Å². The molecule has 1 amide bonds. The molecule has 0 aliphatic carbocycles.